The third-order valence-corrected chi connectivity index (χ3v) is 5.65. The first-order valence-electron chi connectivity index (χ1n) is 10.0. The van der Waals surface area contributed by atoms with Gasteiger partial charge in [-0.15, -0.1) is 0 Å². The largest absolute Gasteiger partial charge is 0.492 e. The standard InChI is InChI=1S/C21H32N2O4/c1-17-4-3-9-21(16-17,25-2)20(24)22-18-5-7-19(8-6-18)27-15-12-23-10-13-26-14-11-23/h5-8,17H,3-4,9-16H2,1-2H3,(H,22,24)/t17-,21+/m0/s1. The van der Waals surface area contributed by atoms with Gasteiger partial charge in [0.25, 0.3) is 5.91 Å². The number of carbonyl (C=O) groups excluding carboxylic acids is 1. The molecule has 27 heavy (non-hydrogen) atoms. The Hall–Kier alpha value is -1.63. The molecule has 0 bridgehead atoms. The lowest BCUT2D eigenvalue weighted by Crippen LogP contribution is -2.47. The molecule has 2 fully saturated rings. The molecule has 6 heteroatoms. The van der Waals surface area contributed by atoms with Gasteiger partial charge in [-0.3, -0.25) is 9.69 Å². The molecule has 0 aromatic heterocycles. The van der Waals surface area contributed by atoms with Crippen molar-refractivity contribution in [3.8, 4) is 5.75 Å². The molecule has 1 saturated carbocycles. The van der Waals surface area contributed by atoms with Crippen LogP contribution in [0.2, 0.25) is 0 Å². The van der Waals surface area contributed by atoms with Gasteiger partial charge in [-0.25, -0.2) is 0 Å². The third-order valence-electron chi connectivity index (χ3n) is 5.65. The van der Waals surface area contributed by atoms with E-state index in [4.69, 9.17) is 14.2 Å². The molecule has 150 valence electrons. The molecule has 0 spiro atoms. The first kappa shape index (κ1) is 20.1. The van der Waals surface area contributed by atoms with E-state index in [1.165, 1.54) is 0 Å². The Morgan fingerprint density at radius 1 is 1.30 bits per heavy atom. The molecule has 1 aromatic rings. The van der Waals surface area contributed by atoms with Gasteiger partial charge in [0.15, 0.2) is 0 Å². The van der Waals surface area contributed by atoms with Gasteiger partial charge in [0.05, 0.1) is 13.2 Å². The molecule has 0 unspecified atom stereocenters. The van der Waals surface area contributed by atoms with Gasteiger partial charge in [0, 0.05) is 32.4 Å². The average molecular weight is 376 g/mol. The van der Waals surface area contributed by atoms with Crippen molar-refractivity contribution in [3.63, 3.8) is 0 Å². The quantitative estimate of drug-likeness (QED) is 0.793. The number of methoxy groups -OCH3 is 1. The number of ether oxygens (including phenoxy) is 3. The van der Waals surface area contributed by atoms with Crippen molar-refractivity contribution in [3.05, 3.63) is 24.3 Å². The van der Waals surface area contributed by atoms with Crippen LogP contribution in [0.25, 0.3) is 0 Å². The van der Waals surface area contributed by atoms with Gasteiger partial charge in [-0.2, -0.15) is 0 Å². The monoisotopic (exact) mass is 376 g/mol. The fourth-order valence-corrected chi connectivity index (χ4v) is 3.98. The first-order chi connectivity index (χ1) is 13.1. The molecule has 1 heterocycles. The maximum atomic E-state index is 12.8. The number of carbonyl (C=O) groups is 1. The maximum Gasteiger partial charge on any atom is 0.256 e. The summed E-state index contributed by atoms with van der Waals surface area (Å²) in [6.45, 7) is 7.27. The van der Waals surface area contributed by atoms with Gasteiger partial charge in [-0.05, 0) is 49.4 Å². The highest BCUT2D eigenvalue weighted by Crippen LogP contribution is 2.35. The number of anilines is 1. The topological polar surface area (TPSA) is 60.0 Å². The molecule has 1 amide bonds. The molecule has 1 saturated heterocycles. The van der Waals surface area contributed by atoms with E-state index in [0.717, 1.165) is 70.0 Å². The zero-order valence-corrected chi connectivity index (χ0v) is 16.5. The second-order valence-electron chi connectivity index (χ2n) is 7.68. The minimum absolute atomic E-state index is 0.0439. The van der Waals surface area contributed by atoms with Crippen LogP contribution in [-0.4, -0.2) is 63.0 Å². The molecule has 2 aliphatic rings. The molecule has 2 atom stereocenters. The van der Waals surface area contributed by atoms with Gasteiger partial charge >= 0.3 is 0 Å². The number of nitrogens with one attached hydrogen (secondary N) is 1. The number of hydrogen-bond donors (Lipinski definition) is 1. The Labute approximate surface area is 162 Å². The summed E-state index contributed by atoms with van der Waals surface area (Å²) in [5.74, 6) is 1.28. The maximum absolute atomic E-state index is 12.8. The summed E-state index contributed by atoms with van der Waals surface area (Å²) < 4.78 is 16.8. The summed E-state index contributed by atoms with van der Waals surface area (Å²) in [7, 11) is 1.64. The first-order valence-corrected chi connectivity index (χ1v) is 10.0. The van der Waals surface area contributed by atoms with Gasteiger partial charge in [-0.1, -0.05) is 13.3 Å². The van der Waals surface area contributed by atoms with E-state index in [9.17, 15) is 4.79 Å². The predicted molar refractivity (Wildman–Crippen MR) is 105 cm³/mol. The molecule has 1 aliphatic heterocycles. The number of benzene rings is 1. The second kappa shape index (κ2) is 9.53. The minimum Gasteiger partial charge on any atom is -0.492 e. The molecule has 0 radical (unpaired) electrons. The molecule has 6 nitrogen and oxygen atoms in total. The number of morpholine rings is 1. The molecule has 3 rings (SSSR count). The van der Waals surface area contributed by atoms with Crippen LogP contribution in [0.15, 0.2) is 24.3 Å². The summed E-state index contributed by atoms with van der Waals surface area (Å²) in [4.78, 5) is 15.2. The van der Waals surface area contributed by atoms with E-state index in [0.29, 0.717) is 12.5 Å². The lowest BCUT2D eigenvalue weighted by molar-refractivity contribution is -0.143. The molecule has 1 aromatic carbocycles. The summed E-state index contributed by atoms with van der Waals surface area (Å²) in [6.07, 6.45) is 3.74. The van der Waals surface area contributed by atoms with Gasteiger partial charge in [0.2, 0.25) is 0 Å². The highest BCUT2D eigenvalue weighted by molar-refractivity contribution is 5.97. The van der Waals surface area contributed by atoms with E-state index in [1.54, 1.807) is 7.11 Å². The Bertz CT molecular complexity index is 601. The zero-order valence-electron chi connectivity index (χ0n) is 16.5. The highest BCUT2D eigenvalue weighted by atomic mass is 16.5. The van der Waals surface area contributed by atoms with Crippen molar-refractivity contribution in [2.75, 3.05) is 51.9 Å². The lowest BCUT2D eigenvalue weighted by atomic mass is 9.78. The summed E-state index contributed by atoms with van der Waals surface area (Å²) >= 11 is 0. The number of hydrogen-bond acceptors (Lipinski definition) is 5. The van der Waals surface area contributed by atoms with Crippen LogP contribution >= 0.6 is 0 Å². The zero-order chi connectivity index (χ0) is 19.1. The highest BCUT2D eigenvalue weighted by Gasteiger charge is 2.41. The summed E-state index contributed by atoms with van der Waals surface area (Å²) in [5, 5.41) is 3.02. The van der Waals surface area contributed by atoms with E-state index >= 15 is 0 Å². The van der Waals surface area contributed by atoms with Crippen molar-refractivity contribution >= 4 is 11.6 Å². The van der Waals surface area contributed by atoms with E-state index < -0.39 is 5.60 Å². The lowest BCUT2D eigenvalue weighted by Gasteiger charge is -2.37. The van der Waals surface area contributed by atoms with E-state index in [2.05, 4.69) is 17.1 Å². The van der Waals surface area contributed by atoms with Crippen molar-refractivity contribution in [1.82, 2.24) is 4.90 Å². The second-order valence-corrected chi connectivity index (χ2v) is 7.68. The number of rotatable bonds is 7. The van der Waals surface area contributed by atoms with Crippen molar-refractivity contribution < 1.29 is 19.0 Å². The molecular formula is C21H32N2O4. The van der Waals surface area contributed by atoms with Crippen LogP contribution in [0.3, 0.4) is 0 Å². The van der Waals surface area contributed by atoms with Crippen LogP contribution < -0.4 is 10.1 Å². The number of amides is 1. The minimum atomic E-state index is -0.703. The fraction of sp³-hybridized carbons (Fsp3) is 0.667. The Balaban J connectivity index is 1.48. The predicted octanol–water partition coefficient (Wildman–Crippen LogP) is 2.93. The van der Waals surface area contributed by atoms with Crippen molar-refractivity contribution in [1.29, 1.82) is 0 Å². The van der Waals surface area contributed by atoms with Crippen LogP contribution in [0, 0.1) is 5.92 Å². The Morgan fingerprint density at radius 3 is 2.70 bits per heavy atom. The Kier molecular flexibility index (Phi) is 7.10. The van der Waals surface area contributed by atoms with E-state index in [-0.39, 0.29) is 5.91 Å². The molecule has 1 N–H and O–H groups in total. The van der Waals surface area contributed by atoms with Crippen LogP contribution in [0.1, 0.15) is 32.6 Å². The fourth-order valence-electron chi connectivity index (χ4n) is 3.98. The molecular weight excluding hydrogens is 344 g/mol. The van der Waals surface area contributed by atoms with Crippen molar-refractivity contribution in [2.45, 2.75) is 38.2 Å². The van der Waals surface area contributed by atoms with E-state index in [1.807, 2.05) is 24.3 Å². The third kappa shape index (κ3) is 5.43. The molecule has 1 aliphatic carbocycles. The van der Waals surface area contributed by atoms with Gasteiger partial charge < -0.3 is 19.5 Å². The SMILES string of the molecule is CO[C@]1(C(=O)Nc2ccc(OCCN3CCOCC3)cc2)CCC[C@H](C)C1. The van der Waals surface area contributed by atoms with Gasteiger partial charge in [0.1, 0.15) is 18.0 Å². The average Bonchev–Trinajstić information content (AvgIpc) is 2.70. The van der Waals surface area contributed by atoms with Crippen LogP contribution in [-0.2, 0) is 14.3 Å². The van der Waals surface area contributed by atoms with Crippen molar-refractivity contribution in [2.24, 2.45) is 5.92 Å². The summed E-state index contributed by atoms with van der Waals surface area (Å²) in [6, 6.07) is 7.57. The van der Waals surface area contributed by atoms with Crippen LogP contribution in [0.4, 0.5) is 5.69 Å². The summed E-state index contributed by atoms with van der Waals surface area (Å²) in [5.41, 5.74) is 0.0699. The smallest absolute Gasteiger partial charge is 0.256 e. The normalized spacial score (nSPS) is 26.5. The number of nitrogens with zero attached hydrogens (tertiary/aromatic N) is 1. The van der Waals surface area contributed by atoms with Crippen LogP contribution in [0.5, 0.6) is 5.75 Å². The Morgan fingerprint density at radius 2 is 2.04 bits per heavy atom.